The Morgan fingerprint density at radius 1 is 1.00 bits per heavy atom. The number of fused-ring (bicyclic) bond motifs is 1. The standard InChI is InChI=1S/C25H24F2N8O2/c26-15-3-4-18(27)17(10-15)20-2-1-8-34(20)22-6-5-21-30-13-24(35(21)32-22)31-25(37)19-11-29-23(12-28-19)33-9-7-16(36)14-33/h3-6,10-13,16,20,36H,1-2,7-9,14H2,(H,31,37)/t16-,20+/m0/s1. The minimum atomic E-state index is -0.486. The van der Waals surface area contributed by atoms with Crippen LogP contribution in [0, 0.1) is 11.6 Å². The topological polar surface area (TPSA) is 112 Å². The summed E-state index contributed by atoms with van der Waals surface area (Å²) in [6.45, 7) is 1.80. The van der Waals surface area contributed by atoms with Crippen LogP contribution in [0.2, 0.25) is 0 Å². The van der Waals surface area contributed by atoms with Crippen molar-refractivity contribution in [1.29, 1.82) is 0 Å². The summed E-state index contributed by atoms with van der Waals surface area (Å²) in [5, 5.41) is 17.1. The van der Waals surface area contributed by atoms with Crippen molar-refractivity contribution in [3.05, 3.63) is 71.8 Å². The number of anilines is 3. The van der Waals surface area contributed by atoms with Gasteiger partial charge in [0, 0.05) is 25.2 Å². The molecule has 4 aromatic rings. The van der Waals surface area contributed by atoms with Crippen molar-refractivity contribution >= 4 is 29.0 Å². The number of carbonyl (C=O) groups is 1. The van der Waals surface area contributed by atoms with E-state index in [0.29, 0.717) is 61.1 Å². The second kappa shape index (κ2) is 9.36. The Morgan fingerprint density at radius 3 is 2.68 bits per heavy atom. The molecule has 6 rings (SSSR count). The predicted octanol–water partition coefficient (Wildman–Crippen LogP) is 2.96. The van der Waals surface area contributed by atoms with Crippen LogP contribution in [0.25, 0.3) is 5.65 Å². The van der Waals surface area contributed by atoms with Gasteiger partial charge in [-0.1, -0.05) is 0 Å². The fourth-order valence-corrected chi connectivity index (χ4v) is 4.97. The number of aromatic nitrogens is 5. The molecule has 0 unspecified atom stereocenters. The van der Waals surface area contributed by atoms with Gasteiger partial charge in [0.15, 0.2) is 11.5 Å². The molecular weight excluding hydrogens is 482 g/mol. The minimum Gasteiger partial charge on any atom is -0.391 e. The van der Waals surface area contributed by atoms with Crippen LogP contribution >= 0.6 is 0 Å². The average molecular weight is 507 g/mol. The number of aliphatic hydroxyl groups is 1. The van der Waals surface area contributed by atoms with E-state index in [-0.39, 0.29) is 17.8 Å². The summed E-state index contributed by atoms with van der Waals surface area (Å²) in [6.07, 6.45) is 6.14. The molecule has 12 heteroatoms. The number of hydrogen-bond acceptors (Lipinski definition) is 8. The molecule has 190 valence electrons. The van der Waals surface area contributed by atoms with E-state index in [2.05, 4.69) is 25.4 Å². The van der Waals surface area contributed by atoms with Crippen molar-refractivity contribution in [2.45, 2.75) is 31.4 Å². The van der Waals surface area contributed by atoms with E-state index in [1.165, 1.54) is 29.2 Å². The Labute approximate surface area is 210 Å². The van der Waals surface area contributed by atoms with E-state index >= 15 is 0 Å². The SMILES string of the molecule is O=C(Nc1cnc2ccc(N3CCC[C@@H]3c3cc(F)ccc3F)nn12)c1cnc(N2CC[C@H](O)C2)cn1. The van der Waals surface area contributed by atoms with Crippen LogP contribution < -0.4 is 15.1 Å². The van der Waals surface area contributed by atoms with Gasteiger partial charge in [0.25, 0.3) is 5.91 Å². The summed E-state index contributed by atoms with van der Waals surface area (Å²) < 4.78 is 29.9. The molecule has 2 aliphatic heterocycles. The third-order valence-corrected chi connectivity index (χ3v) is 6.81. The van der Waals surface area contributed by atoms with Gasteiger partial charge in [-0.3, -0.25) is 4.79 Å². The molecule has 0 bridgehead atoms. The summed E-state index contributed by atoms with van der Waals surface area (Å²) >= 11 is 0. The lowest BCUT2D eigenvalue weighted by molar-refractivity contribution is 0.102. The first kappa shape index (κ1) is 23.2. The number of rotatable bonds is 5. The maximum Gasteiger partial charge on any atom is 0.277 e. The van der Waals surface area contributed by atoms with Gasteiger partial charge >= 0.3 is 0 Å². The third-order valence-electron chi connectivity index (χ3n) is 6.81. The summed E-state index contributed by atoms with van der Waals surface area (Å²) in [5.74, 6) is 0.0788. The van der Waals surface area contributed by atoms with Gasteiger partial charge in [0.1, 0.15) is 29.0 Å². The van der Waals surface area contributed by atoms with Crippen LogP contribution in [0.15, 0.2) is 48.9 Å². The zero-order chi connectivity index (χ0) is 25.5. The molecule has 2 N–H and O–H groups in total. The van der Waals surface area contributed by atoms with Crippen molar-refractivity contribution in [3.8, 4) is 0 Å². The van der Waals surface area contributed by atoms with Gasteiger partial charge in [-0.25, -0.2) is 23.7 Å². The van der Waals surface area contributed by atoms with Gasteiger partial charge < -0.3 is 20.2 Å². The van der Waals surface area contributed by atoms with E-state index < -0.39 is 17.5 Å². The Balaban J connectivity index is 1.23. The third kappa shape index (κ3) is 4.44. The van der Waals surface area contributed by atoms with Crippen molar-refractivity contribution in [1.82, 2.24) is 24.6 Å². The van der Waals surface area contributed by atoms with Gasteiger partial charge in [-0.15, -0.1) is 5.10 Å². The molecule has 1 amide bonds. The molecule has 2 aliphatic rings. The number of β-amino-alcohol motifs (C(OH)–C–C–N with tert-alkyl or cyclic N) is 1. The van der Waals surface area contributed by atoms with Crippen LogP contribution in [-0.2, 0) is 0 Å². The Morgan fingerprint density at radius 2 is 1.89 bits per heavy atom. The summed E-state index contributed by atoms with van der Waals surface area (Å²) in [4.78, 5) is 29.6. The minimum absolute atomic E-state index is 0.121. The first-order valence-electron chi connectivity index (χ1n) is 12.1. The normalized spacial score (nSPS) is 19.6. The molecule has 0 aliphatic carbocycles. The molecule has 3 aromatic heterocycles. The molecule has 2 fully saturated rings. The zero-order valence-corrected chi connectivity index (χ0v) is 19.8. The molecule has 2 saturated heterocycles. The lowest BCUT2D eigenvalue weighted by Gasteiger charge is -2.26. The molecule has 0 saturated carbocycles. The molecule has 37 heavy (non-hydrogen) atoms. The maximum absolute atomic E-state index is 14.5. The summed E-state index contributed by atoms with van der Waals surface area (Å²) in [6, 6.07) is 6.67. The highest BCUT2D eigenvalue weighted by Gasteiger charge is 2.30. The van der Waals surface area contributed by atoms with Crippen molar-refractivity contribution < 1.29 is 18.7 Å². The first-order valence-corrected chi connectivity index (χ1v) is 12.1. The highest BCUT2D eigenvalue weighted by Crippen LogP contribution is 2.36. The number of amides is 1. The molecule has 2 atom stereocenters. The molecular formula is C25H24F2N8O2. The van der Waals surface area contributed by atoms with Gasteiger partial charge in [-0.2, -0.15) is 4.52 Å². The highest BCUT2D eigenvalue weighted by atomic mass is 19.1. The monoisotopic (exact) mass is 506 g/mol. The predicted molar refractivity (Wildman–Crippen MR) is 131 cm³/mol. The highest BCUT2D eigenvalue weighted by molar-refractivity contribution is 6.02. The Bertz CT molecular complexity index is 1460. The van der Waals surface area contributed by atoms with Crippen molar-refractivity contribution in [2.24, 2.45) is 0 Å². The summed E-state index contributed by atoms with van der Waals surface area (Å²) in [7, 11) is 0. The van der Waals surface area contributed by atoms with Crippen LogP contribution in [-0.4, -0.2) is 61.3 Å². The van der Waals surface area contributed by atoms with Gasteiger partial charge in [-0.05, 0) is 49.6 Å². The zero-order valence-electron chi connectivity index (χ0n) is 19.8. The van der Waals surface area contributed by atoms with Gasteiger partial charge in [0.2, 0.25) is 0 Å². The second-order valence-electron chi connectivity index (χ2n) is 9.22. The number of hydrogen-bond donors (Lipinski definition) is 2. The lowest BCUT2D eigenvalue weighted by atomic mass is 10.0. The number of imidazole rings is 1. The maximum atomic E-state index is 14.5. The van der Waals surface area contributed by atoms with Crippen LogP contribution in [0.4, 0.5) is 26.2 Å². The fourth-order valence-electron chi connectivity index (χ4n) is 4.97. The molecule has 5 heterocycles. The number of carbonyl (C=O) groups excluding carboxylic acids is 1. The quantitative estimate of drug-likeness (QED) is 0.425. The summed E-state index contributed by atoms with van der Waals surface area (Å²) in [5.41, 5.74) is 0.931. The van der Waals surface area contributed by atoms with Crippen molar-refractivity contribution in [2.75, 3.05) is 34.8 Å². The molecule has 10 nitrogen and oxygen atoms in total. The van der Waals surface area contributed by atoms with Crippen LogP contribution in [0.5, 0.6) is 0 Å². The smallest absolute Gasteiger partial charge is 0.277 e. The number of halogens is 2. The fraction of sp³-hybridized carbons (Fsp3) is 0.320. The largest absolute Gasteiger partial charge is 0.391 e. The number of benzene rings is 1. The van der Waals surface area contributed by atoms with E-state index in [0.717, 1.165) is 18.6 Å². The molecule has 0 spiro atoms. The van der Waals surface area contributed by atoms with E-state index in [4.69, 9.17) is 0 Å². The van der Waals surface area contributed by atoms with Crippen molar-refractivity contribution in [3.63, 3.8) is 0 Å². The lowest BCUT2D eigenvalue weighted by Crippen LogP contribution is -2.25. The Hall–Kier alpha value is -4.19. The second-order valence-corrected chi connectivity index (χ2v) is 9.22. The van der Waals surface area contributed by atoms with E-state index in [1.54, 1.807) is 12.1 Å². The molecule has 0 radical (unpaired) electrons. The number of aliphatic hydroxyl groups excluding tert-OH is 1. The number of nitrogens with one attached hydrogen (secondary N) is 1. The van der Waals surface area contributed by atoms with Gasteiger partial charge in [0.05, 0.1) is 30.7 Å². The first-order chi connectivity index (χ1) is 18.0. The van der Waals surface area contributed by atoms with Crippen LogP contribution in [0.3, 0.4) is 0 Å². The van der Waals surface area contributed by atoms with Crippen LogP contribution in [0.1, 0.15) is 41.4 Å². The molecule has 1 aromatic carbocycles. The van der Waals surface area contributed by atoms with E-state index in [9.17, 15) is 18.7 Å². The Kier molecular flexibility index (Phi) is 5.87. The van der Waals surface area contributed by atoms with E-state index in [1.807, 2.05) is 9.80 Å². The average Bonchev–Trinajstić information content (AvgIpc) is 3.65. The number of nitrogens with zero attached hydrogens (tertiary/aromatic N) is 7.